The Balaban J connectivity index is 0.00000338. The fourth-order valence-electron chi connectivity index (χ4n) is 2.88. The molecule has 3 N–H and O–H groups in total. The molecule has 0 aliphatic carbocycles. The van der Waals surface area contributed by atoms with Gasteiger partial charge in [-0.05, 0) is 45.7 Å². The smallest absolute Gasteiger partial charge is 0.242 e. The van der Waals surface area contributed by atoms with E-state index in [9.17, 15) is 4.79 Å². The van der Waals surface area contributed by atoms with Gasteiger partial charge in [-0.1, -0.05) is 0 Å². The van der Waals surface area contributed by atoms with Crippen molar-refractivity contribution in [1.82, 2.24) is 20.9 Å². The van der Waals surface area contributed by atoms with Crippen LogP contribution < -0.4 is 16.0 Å². The van der Waals surface area contributed by atoms with E-state index in [2.05, 4.69) is 39.7 Å². The Hall–Kier alpha value is -1.29. The molecule has 26 heavy (non-hydrogen) atoms. The number of aliphatic imine (C=N–C) groups is 1. The molecule has 148 valence electrons. The van der Waals surface area contributed by atoms with E-state index in [1.165, 1.54) is 0 Å². The Bertz CT molecular complexity index is 540. The van der Waals surface area contributed by atoms with E-state index < -0.39 is 0 Å². The number of guanidine groups is 1. The molecule has 2 heterocycles. The van der Waals surface area contributed by atoms with Gasteiger partial charge in [0.1, 0.15) is 12.3 Å². The lowest BCUT2D eigenvalue weighted by atomic mass is 10.0. The van der Waals surface area contributed by atoms with Gasteiger partial charge in [0.25, 0.3) is 0 Å². The van der Waals surface area contributed by atoms with Crippen LogP contribution in [-0.4, -0.2) is 55.0 Å². The van der Waals surface area contributed by atoms with Gasteiger partial charge in [0, 0.05) is 31.7 Å². The van der Waals surface area contributed by atoms with Crippen LogP contribution in [0.1, 0.15) is 39.4 Å². The number of hydrogen-bond acceptors (Lipinski definition) is 4. The first kappa shape index (κ1) is 22.8. The zero-order valence-electron chi connectivity index (χ0n) is 16.0. The summed E-state index contributed by atoms with van der Waals surface area (Å²) in [5.41, 5.74) is 0. The Morgan fingerprint density at radius 2 is 2.08 bits per heavy atom. The van der Waals surface area contributed by atoms with Gasteiger partial charge in [-0.2, -0.15) is 0 Å². The van der Waals surface area contributed by atoms with Crippen LogP contribution >= 0.6 is 24.0 Å². The number of hydrogen-bond donors (Lipinski definition) is 3. The van der Waals surface area contributed by atoms with Gasteiger partial charge in [0.05, 0.1) is 12.8 Å². The van der Waals surface area contributed by atoms with Crippen molar-refractivity contribution in [2.24, 2.45) is 4.99 Å². The number of carbonyl (C=O) groups excluding carboxylic acids is 1. The van der Waals surface area contributed by atoms with Crippen molar-refractivity contribution < 1.29 is 9.21 Å². The molecule has 2 rings (SSSR count). The molecule has 1 saturated heterocycles. The highest BCUT2D eigenvalue weighted by Gasteiger charge is 2.21. The maximum atomic E-state index is 11.9. The zero-order valence-corrected chi connectivity index (χ0v) is 18.3. The second-order valence-electron chi connectivity index (χ2n) is 6.60. The summed E-state index contributed by atoms with van der Waals surface area (Å²) in [6, 6.07) is 4.63. The Labute approximate surface area is 173 Å². The normalized spacial score (nSPS) is 16.2. The molecule has 0 unspecified atom stereocenters. The molecule has 0 radical (unpaired) electrons. The lowest BCUT2D eigenvalue weighted by Gasteiger charge is -2.35. The fourth-order valence-corrected chi connectivity index (χ4v) is 2.88. The largest absolute Gasteiger partial charge is 0.467 e. The highest BCUT2D eigenvalue weighted by atomic mass is 127. The van der Waals surface area contributed by atoms with Crippen LogP contribution in [-0.2, 0) is 11.3 Å². The number of amides is 1. The number of rotatable bonds is 7. The average Bonchev–Trinajstić information content (AvgIpc) is 3.12. The van der Waals surface area contributed by atoms with Gasteiger partial charge in [-0.3, -0.25) is 4.79 Å². The molecule has 1 fully saturated rings. The quantitative estimate of drug-likeness (QED) is 0.318. The minimum Gasteiger partial charge on any atom is -0.467 e. The van der Waals surface area contributed by atoms with Crippen molar-refractivity contribution in [3.8, 4) is 0 Å². The molecule has 8 heteroatoms. The first-order valence-electron chi connectivity index (χ1n) is 9.16. The van der Waals surface area contributed by atoms with Crippen LogP contribution in [0.25, 0.3) is 0 Å². The van der Waals surface area contributed by atoms with Gasteiger partial charge in [0.15, 0.2) is 5.96 Å². The third-order valence-electron chi connectivity index (χ3n) is 4.37. The molecule has 0 aromatic carbocycles. The average molecular weight is 477 g/mol. The molecule has 0 bridgehead atoms. The van der Waals surface area contributed by atoms with E-state index in [0.29, 0.717) is 24.6 Å². The van der Waals surface area contributed by atoms with E-state index in [-0.39, 0.29) is 36.4 Å². The van der Waals surface area contributed by atoms with Gasteiger partial charge in [-0.15, -0.1) is 24.0 Å². The van der Waals surface area contributed by atoms with Crippen molar-refractivity contribution >= 4 is 35.8 Å². The predicted octanol–water partition coefficient (Wildman–Crippen LogP) is 1.94. The van der Waals surface area contributed by atoms with E-state index in [4.69, 9.17) is 4.42 Å². The van der Waals surface area contributed by atoms with Crippen LogP contribution in [0.4, 0.5) is 0 Å². The Morgan fingerprint density at radius 3 is 2.65 bits per heavy atom. The van der Waals surface area contributed by atoms with Crippen molar-refractivity contribution in [3.05, 3.63) is 24.2 Å². The first-order chi connectivity index (χ1) is 12.1. The summed E-state index contributed by atoms with van der Waals surface area (Å²) in [4.78, 5) is 18.8. The number of halogens is 1. The summed E-state index contributed by atoms with van der Waals surface area (Å²) in [6.07, 6.45) is 3.78. The molecule has 1 aromatic rings. The number of carbonyl (C=O) groups is 1. The van der Waals surface area contributed by atoms with Crippen LogP contribution in [0.3, 0.4) is 0 Å². The van der Waals surface area contributed by atoms with Crippen LogP contribution in [0.2, 0.25) is 0 Å². The molecule has 1 aromatic heterocycles. The molecule has 0 saturated carbocycles. The van der Waals surface area contributed by atoms with E-state index in [1.807, 2.05) is 13.0 Å². The SMILES string of the molecule is CCNC(=NCC(=O)NCc1ccco1)NC1CCN(C(C)C)CC1.I. The molecular weight excluding hydrogens is 445 g/mol. The summed E-state index contributed by atoms with van der Waals surface area (Å²) in [5.74, 6) is 1.32. The summed E-state index contributed by atoms with van der Waals surface area (Å²) in [6.45, 7) is 9.94. The van der Waals surface area contributed by atoms with E-state index >= 15 is 0 Å². The minimum absolute atomic E-state index is 0. The van der Waals surface area contributed by atoms with Gasteiger partial charge in [0.2, 0.25) is 5.91 Å². The maximum Gasteiger partial charge on any atom is 0.242 e. The van der Waals surface area contributed by atoms with Crippen molar-refractivity contribution in [1.29, 1.82) is 0 Å². The lowest BCUT2D eigenvalue weighted by Crippen LogP contribution is -2.50. The van der Waals surface area contributed by atoms with E-state index in [1.54, 1.807) is 12.3 Å². The molecule has 1 amide bonds. The molecule has 0 atom stereocenters. The standard InChI is InChI=1S/C18H31N5O2.HI/c1-4-19-18(22-15-7-9-23(10-8-15)14(2)3)21-13-17(24)20-12-16-6-5-11-25-16;/h5-6,11,14-15H,4,7-10,12-13H2,1-3H3,(H,20,24)(H2,19,21,22);1H. The predicted molar refractivity (Wildman–Crippen MR) is 115 cm³/mol. The molecule has 1 aliphatic rings. The lowest BCUT2D eigenvalue weighted by molar-refractivity contribution is -0.119. The second-order valence-corrected chi connectivity index (χ2v) is 6.60. The van der Waals surface area contributed by atoms with Gasteiger partial charge < -0.3 is 25.3 Å². The molecule has 1 aliphatic heterocycles. The number of likely N-dealkylation sites (tertiary alicyclic amines) is 1. The van der Waals surface area contributed by atoms with Gasteiger partial charge in [-0.25, -0.2) is 4.99 Å². The van der Waals surface area contributed by atoms with Crippen LogP contribution in [0.15, 0.2) is 27.8 Å². The third kappa shape index (κ3) is 7.94. The third-order valence-corrected chi connectivity index (χ3v) is 4.37. The molecular formula is C18H32IN5O2. The molecule has 0 spiro atoms. The van der Waals surface area contributed by atoms with Gasteiger partial charge >= 0.3 is 0 Å². The first-order valence-corrected chi connectivity index (χ1v) is 9.16. The summed E-state index contributed by atoms with van der Waals surface area (Å²) in [7, 11) is 0. The fraction of sp³-hybridized carbons (Fsp3) is 0.667. The zero-order chi connectivity index (χ0) is 18.1. The summed E-state index contributed by atoms with van der Waals surface area (Å²) >= 11 is 0. The maximum absolute atomic E-state index is 11.9. The topological polar surface area (TPSA) is 81.9 Å². The Morgan fingerprint density at radius 1 is 1.35 bits per heavy atom. The summed E-state index contributed by atoms with van der Waals surface area (Å²) in [5, 5.41) is 9.47. The Kier molecular flexibility index (Phi) is 10.6. The second kappa shape index (κ2) is 12.2. The monoisotopic (exact) mass is 477 g/mol. The summed E-state index contributed by atoms with van der Waals surface area (Å²) < 4.78 is 5.19. The molecule has 7 nitrogen and oxygen atoms in total. The number of piperidine rings is 1. The number of nitrogens with one attached hydrogen (secondary N) is 3. The minimum atomic E-state index is -0.122. The van der Waals surface area contributed by atoms with Crippen LogP contribution in [0, 0.1) is 0 Å². The number of furan rings is 1. The van der Waals surface area contributed by atoms with Crippen molar-refractivity contribution in [3.63, 3.8) is 0 Å². The van der Waals surface area contributed by atoms with Crippen molar-refractivity contribution in [2.75, 3.05) is 26.2 Å². The highest BCUT2D eigenvalue weighted by Crippen LogP contribution is 2.12. The van der Waals surface area contributed by atoms with Crippen molar-refractivity contribution in [2.45, 2.75) is 52.2 Å². The van der Waals surface area contributed by atoms with Crippen LogP contribution in [0.5, 0.6) is 0 Å². The highest BCUT2D eigenvalue weighted by molar-refractivity contribution is 14.0. The number of nitrogens with zero attached hydrogens (tertiary/aromatic N) is 2. The van der Waals surface area contributed by atoms with E-state index in [0.717, 1.165) is 38.2 Å².